The number of hydrogen-bond donors (Lipinski definition) is 2. The predicted molar refractivity (Wildman–Crippen MR) is 67.1 cm³/mol. The highest BCUT2D eigenvalue weighted by atomic mass is 32.2. The van der Waals surface area contributed by atoms with Crippen molar-refractivity contribution in [3.05, 3.63) is 48.3 Å². The SMILES string of the molecule is Nc1ccc(S(=O)(=O)c2cccc(F)c2)c(N)c1. The molecule has 0 fully saturated rings. The summed E-state index contributed by atoms with van der Waals surface area (Å²) in [5.41, 5.74) is 11.5. The third-order valence-electron chi connectivity index (χ3n) is 2.43. The van der Waals surface area contributed by atoms with Crippen molar-refractivity contribution in [3.8, 4) is 0 Å². The molecule has 0 amide bonds. The molecule has 6 heteroatoms. The Bertz CT molecular complexity index is 699. The molecule has 0 aliphatic rings. The van der Waals surface area contributed by atoms with Crippen LogP contribution in [0, 0.1) is 5.82 Å². The molecule has 18 heavy (non-hydrogen) atoms. The van der Waals surface area contributed by atoms with Crippen LogP contribution < -0.4 is 11.5 Å². The van der Waals surface area contributed by atoms with Crippen LogP contribution in [0.1, 0.15) is 0 Å². The Hall–Kier alpha value is -2.08. The van der Waals surface area contributed by atoms with Gasteiger partial charge in [0.2, 0.25) is 9.84 Å². The second-order valence-electron chi connectivity index (χ2n) is 3.76. The Kier molecular flexibility index (Phi) is 2.96. The number of sulfone groups is 1. The molecule has 0 aromatic heterocycles. The summed E-state index contributed by atoms with van der Waals surface area (Å²) < 4.78 is 37.5. The van der Waals surface area contributed by atoms with E-state index in [9.17, 15) is 12.8 Å². The van der Waals surface area contributed by atoms with E-state index in [1.54, 1.807) is 0 Å². The van der Waals surface area contributed by atoms with Crippen molar-refractivity contribution in [2.24, 2.45) is 0 Å². The zero-order valence-electron chi connectivity index (χ0n) is 9.30. The Labute approximate surface area is 104 Å². The molecule has 0 spiro atoms. The first-order valence-electron chi connectivity index (χ1n) is 5.07. The number of nitrogens with two attached hydrogens (primary N) is 2. The molecule has 4 N–H and O–H groups in total. The summed E-state index contributed by atoms with van der Waals surface area (Å²) in [5.74, 6) is -0.620. The van der Waals surface area contributed by atoms with Crippen molar-refractivity contribution in [3.63, 3.8) is 0 Å². The fourth-order valence-corrected chi connectivity index (χ4v) is 2.97. The molecule has 0 saturated heterocycles. The molecule has 94 valence electrons. The lowest BCUT2D eigenvalue weighted by atomic mass is 10.3. The number of nitrogen functional groups attached to an aromatic ring is 2. The lowest BCUT2D eigenvalue weighted by Crippen LogP contribution is -2.06. The molecule has 0 aliphatic carbocycles. The van der Waals surface area contributed by atoms with E-state index in [1.807, 2.05) is 0 Å². The van der Waals surface area contributed by atoms with Crippen LogP contribution in [0.3, 0.4) is 0 Å². The minimum atomic E-state index is -3.83. The molecule has 0 aliphatic heterocycles. The van der Waals surface area contributed by atoms with Crippen LogP contribution in [0.5, 0.6) is 0 Å². The van der Waals surface area contributed by atoms with Crippen LogP contribution >= 0.6 is 0 Å². The largest absolute Gasteiger partial charge is 0.399 e. The quantitative estimate of drug-likeness (QED) is 0.812. The first-order chi connectivity index (χ1) is 8.41. The van der Waals surface area contributed by atoms with Gasteiger partial charge >= 0.3 is 0 Å². The van der Waals surface area contributed by atoms with Crippen LogP contribution in [0.15, 0.2) is 52.3 Å². The molecular formula is C12H11FN2O2S. The average Bonchev–Trinajstić information content (AvgIpc) is 2.28. The van der Waals surface area contributed by atoms with Gasteiger partial charge < -0.3 is 11.5 Å². The minimum Gasteiger partial charge on any atom is -0.399 e. The molecule has 0 bridgehead atoms. The number of hydrogen-bond acceptors (Lipinski definition) is 4. The summed E-state index contributed by atoms with van der Waals surface area (Å²) in [4.78, 5) is -0.221. The first-order valence-corrected chi connectivity index (χ1v) is 6.55. The lowest BCUT2D eigenvalue weighted by Gasteiger charge is -2.08. The Morgan fingerprint density at radius 3 is 2.33 bits per heavy atom. The van der Waals surface area contributed by atoms with Crippen LogP contribution in [0.4, 0.5) is 15.8 Å². The molecule has 2 rings (SSSR count). The Balaban J connectivity index is 2.62. The highest BCUT2D eigenvalue weighted by molar-refractivity contribution is 7.91. The fourth-order valence-electron chi connectivity index (χ4n) is 1.57. The maximum Gasteiger partial charge on any atom is 0.208 e. The van der Waals surface area contributed by atoms with E-state index in [0.29, 0.717) is 5.69 Å². The van der Waals surface area contributed by atoms with E-state index >= 15 is 0 Å². The summed E-state index contributed by atoms with van der Waals surface area (Å²) in [6, 6.07) is 8.86. The molecule has 0 heterocycles. The summed E-state index contributed by atoms with van der Waals surface area (Å²) in [5, 5.41) is 0. The summed E-state index contributed by atoms with van der Waals surface area (Å²) in [6.07, 6.45) is 0. The fraction of sp³-hybridized carbons (Fsp3) is 0. The van der Waals surface area contributed by atoms with E-state index in [1.165, 1.54) is 36.4 Å². The van der Waals surface area contributed by atoms with Crippen molar-refractivity contribution in [1.82, 2.24) is 0 Å². The zero-order valence-corrected chi connectivity index (χ0v) is 10.1. The minimum absolute atomic E-state index is 0.0410. The van der Waals surface area contributed by atoms with Crippen molar-refractivity contribution in [1.29, 1.82) is 0 Å². The summed E-state index contributed by atoms with van der Waals surface area (Å²) in [7, 11) is -3.83. The molecule has 4 nitrogen and oxygen atoms in total. The van der Waals surface area contributed by atoms with E-state index in [0.717, 1.165) is 6.07 Å². The van der Waals surface area contributed by atoms with E-state index in [2.05, 4.69) is 0 Å². The summed E-state index contributed by atoms with van der Waals surface area (Å²) >= 11 is 0. The van der Waals surface area contributed by atoms with E-state index in [4.69, 9.17) is 11.5 Å². The first kappa shape index (κ1) is 12.4. The molecule has 0 unspecified atom stereocenters. The highest BCUT2D eigenvalue weighted by Crippen LogP contribution is 2.27. The van der Waals surface area contributed by atoms with Gasteiger partial charge in [0, 0.05) is 5.69 Å². The Morgan fingerprint density at radius 1 is 1.00 bits per heavy atom. The maximum absolute atomic E-state index is 13.1. The van der Waals surface area contributed by atoms with Crippen molar-refractivity contribution >= 4 is 21.2 Å². The van der Waals surface area contributed by atoms with Gasteiger partial charge in [-0.1, -0.05) is 6.07 Å². The number of rotatable bonds is 2. The van der Waals surface area contributed by atoms with E-state index in [-0.39, 0.29) is 15.5 Å². The van der Waals surface area contributed by atoms with Crippen molar-refractivity contribution < 1.29 is 12.8 Å². The smallest absolute Gasteiger partial charge is 0.208 e. The average molecular weight is 266 g/mol. The van der Waals surface area contributed by atoms with Crippen LogP contribution in [-0.2, 0) is 9.84 Å². The van der Waals surface area contributed by atoms with Gasteiger partial charge in [0.05, 0.1) is 15.5 Å². The summed E-state index contributed by atoms with van der Waals surface area (Å²) in [6.45, 7) is 0. The van der Waals surface area contributed by atoms with Gasteiger partial charge in [-0.2, -0.15) is 0 Å². The topological polar surface area (TPSA) is 86.2 Å². The highest BCUT2D eigenvalue weighted by Gasteiger charge is 2.20. The van der Waals surface area contributed by atoms with Crippen LogP contribution in [-0.4, -0.2) is 8.42 Å². The van der Waals surface area contributed by atoms with Crippen molar-refractivity contribution in [2.75, 3.05) is 11.5 Å². The van der Waals surface area contributed by atoms with E-state index < -0.39 is 15.7 Å². The second kappa shape index (κ2) is 4.30. The van der Waals surface area contributed by atoms with Gasteiger partial charge in [-0.05, 0) is 36.4 Å². The number of benzene rings is 2. The third kappa shape index (κ3) is 2.14. The maximum atomic E-state index is 13.1. The molecule has 0 atom stereocenters. The Morgan fingerprint density at radius 2 is 1.72 bits per heavy atom. The van der Waals surface area contributed by atoms with Gasteiger partial charge in [-0.3, -0.25) is 0 Å². The molecular weight excluding hydrogens is 255 g/mol. The van der Waals surface area contributed by atoms with Gasteiger partial charge in [0.1, 0.15) is 5.82 Å². The van der Waals surface area contributed by atoms with Gasteiger partial charge in [0.15, 0.2) is 0 Å². The normalized spacial score (nSPS) is 11.4. The van der Waals surface area contributed by atoms with Gasteiger partial charge in [0.25, 0.3) is 0 Å². The standard InChI is InChI=1S/C12H11FN2O2S/c13-8-2-1-3-10(6-8)18(16,17)12-5-4-9(14)7-11(12)15/h1-7H,14-15H2. The third-order valence-corrected chi connectivity index (χ3v) is 4.26. The lowest BCUT2D eigenvalue weighted by molar-refractivity contribution is 0.591. The second-order valence-corrected chi connectivity index (χ2v) is 5.68. The molecule has 0 radical (unpaired) electrons. The molecule has 0 saturated carbocycles. The van der Waals surface area contributed by atoms with Gasteiger partial charge in [-0.25, -0.2) is 12.8 Å². The van der Waals surface area contributed by atoms with Crippen LogP contribution in [0.2, 0.25) is 0 Å². The number of anilines is 2. The predicted octanol–water partition coefficient (Wildman–Crippen LogP) is 1.82. The monoisotopic (exact) mass is 266 g/mol. The van der Waals surface area contributed by atoms with Gasteiger partial charge in [-0.15, -0.1) is 0 Å². The van der Waals surface area contributed by atoms with Crippen molar-refractivity contribution in [2.45, 2.75) is 9.79 Å². The number of halogens is 1. The molecule has 2 aromatic carbocycles. The molecule has 2 aromatic rings. The van der Waals surface area contributed by atoms with Crippen LogP contribution in [0.25, 0.3) is 0 Å². The zero-order chi connectivity index (χ0) is 13.3.